The van der Waals surface area contributed by atoms with Gasteiger partial charge in [0.1, 0.15) is 13.1 Å². The molecule has 0 aliphatic carbocycles. The molecule has 3 aromatic rings. The van der Waals surface area contributed by atoms with E-state index in [1.165, 1.54) is 91.7 Å². The molecule has 0 atom stereocenters. The predicted octanol–water partition coefficient (Wildman–Crippen LogP) is 10.3. The van der Waals surface area contributed by atoms with Crippen LogP contribution in [-0.4, -0.2) is 39.6 Å². The number of benzene rings is 3. The third kappa shape index (κ3) is 22.2. The van der Waals surface area contributed by atoms with Crippen molar-refractivity contribution in [2.24, 2.45) is 5.10 Å². The van der Waals surface area contributed by atoms with Gasteiger partial charge in [-0.25, -0.2) is 5.10 Å². The third-order valence-corrected chi connectivity index (χ3v) is 6.42. The fourth-order valence-electron chi connectivity index (χ4n) is 4.21. The summed E-state index contributed by atoms with van der Waals surface area (Å²) < 4.78 is 5.69. The molecule has 3 aromatic carbocycles. The molecule has 0 amide bonds. The number of nitrogens with one attached hydrogen (secondary N) is 3. The molecule has 0 fully saturated rings. The molecule has 0 aromatic heterocycles. The largest absolute Gasteiger partial charge is 2.00 e. The normalized spacial score (nSPS) is 9.93. The Balaban J connectivity index is -0.000000917. The molecule has 0 saturated heterocycles. The summed E-state index contributed by atoms with van der Waals surface area (Å²) in [7, 11) is 1.25. The van der Waals surface area contributed by atoms with Crippen molar-refractivity contribution in [1.29, 1.82) is 0 Å². The fraction of sp³-hybridized carbons (Fsp3) is 0.395. The smallest absolute Gasteiger partial charge is 0.680 e. The zero-order valence-corrected chi connectivity index (χ0v) is 29.9. The first kappa shape index (κ1) is 47.0. The molecule has 0 aliphatic heterocycles. The molecule has 0 heterocycles. The Kier molecular flexibility index (Phi) is 35.3. The van der Waals surface area contributed by atoms with Crippen LogP contribution in [0.5, 0.6) is 0 Å². The van der Waals surface area contributed by atoms with Crippen molar-refractivity contribution < 1.29 is 31.7 Å². The molecule has 0 saturated carbocycles. The number of hydrazone groups is 1. The van der Waals surface area contributed by atoms with Crippen LogP contribution < -0.4 is 5.53 Å². The molecule has 0 spiro atoms. The van der Waals surface area contributed by atoms with E-state index in [9.17, 15) is 0 Å². The Morgan fingerprint density at radius 3 is 2.11 bits per heavy atom. The van der Waals surface area contributed by atoms with Crippen LogP contribution in [0.15, 0.2) is 90.1 Å². The van der Waals surface area contributed by atoms with E-state index in [2.05, 4.69) is 86.2 Å². The summed E-state index contributed by atoms with van der Waals surface area (Å²) in [5.74, 6) is 6.40. The van der Waals surface area contributed by atoms with Crippen molar-refractivity contribution in [3.8, 4) is 11.1 Å². The van der Waals surface area contributed by atoms with Gasteiger partial charge < -0.3 is 31.4 Å². The van der Waals surface area contributed by atoms with Crippen LogP contribution in [0.1, 0.15) is 77.3 Å². The quantitative estimate of drug-likeness (QED) is 0.0570. The topological polar surface area (TPSA) is 115 Å². The Hall–Kier alpha value is -3.38. The second-order valence-corrected chi connectivity index (χ2v) is 9.83. The Morgan fingerprint density at radius 2 is 1.52 bits per heavy atom. The molecule has 252 valence electrons. The average molecular weight is 669 g/mol. The maximum atomic E-state index is 8.81. The minimum Gasteiger partial charge on any atom is -0.680 e. The maximum absolute atomic E-state index is 8.81. The number of fused-ring (bicyclic) bond motifs is 1. The van der Waals surface area contributed by atoms with Gasteiger partial charge in [-0.15, -0.1) is 0 Å². The predicted molar refractivity (Wildman–Crippen MR) is 196 cm³/mol. The van der Waals surface area contributed by atoms with Crippen molar-refractivity contribution in [3.05, 3.63) is 108 Å². The van der Waals surface area contributed by atoms with Gasteiger partial charge in [0.2, 0.25) is 0 Å². The van der Waals surface area contributed by atoms with Gasteiger partial charge in [0.05, 0.1) is 0 Å². The molecule has 0 bridgehead atoms. The van der Waals surface area contributed by atoms with Gasteiger partial charge >= 0.3 is 17.4 Å². The molecule has 46 heavy (non-hydrogen) atoms. The summed E-state index contributed by atoms with van der Waals surface area (Å²) in [5, 5.41) is 6.13. The average Bonchev–Trinajstić information content (AvgIpc) is 3.08. The number of hydrogen-bond donors (Lipinski definition) is 1. The van der Waals surface area contributed by atoms with Gasteiger partial charge in [-0.2, -0.15) is 7.05 Å². The summed E-state index contributed by atoms with van der Waals surface area (Å²) in [5.41, 5.74) is 14.2. The maximum Gasteiger partial charge on any atom is 2.00 e. The fourth-order valence-corrected chi connectivity index (χ4v) is 4.21. The van der Waals surface area contributed by atoms with E-state index in [0.29, 0.717) is 0 Å². The number of hydrogen-bond acceptors (Lipinski definition) is 5. The van der Waals surface area contributed by atoms with Crippen molar-refractivity contribution in [1.82, 2.24) is 5.53 Å². The van der Waals surface area contributed by atoms with E-state index >= 15 is 0 Å². The van der Waals surface area contributed by atoms with Crippen LogP contribution in [0.4, 0.5) is 0 Å². The van der Waals surface area contributed by atoms with E-state index in [4.69, 9.17) is 25.9 Å². The van der Waals surface area contributed by atoms with Crippen molar-refractivity contribution >= 4 is 30.1 Å². The SMILES string of the molecule is C=C/C(C)=C\C=N/N[NH-].C=O.CC=O.CCCCOCCCCCc1cc(-c2ccc(CCC)cc2)c2ccccc2c1.C[NH-].[Cr+2]. The second kappa shape index (κ2) is 34.5. The molecule has 3 N–H and O–H groups in total. The van der Waals surface area contributed by atoms with E-state index in [1.54, 1.807) is 12.2 Å². The monoisotopic (exact) mass is 668 g/mol. The summed E-state index contributed by atoms with van der Waals surface area (Å²) >= 11 is 0. The number of carbonyl (C=O) groups is 2. The van der Waals surface area contributed by atoms with E-state index < -0.39 is 0 Å². The van der Waals surface area contributed by atoms with Crippen LogP contribution in [0.25, 0.3) is 33.5 Å². The number of aryl methyl sites for hydroxylation is 2. The first-order valence-corrected chi connectivity index (χ1v) is 15.7. The Bertz CT molecular complexity index is 1210. The number of ether oxygens (including phenoxy) is 1. The van der Waals surface area contributed by atoms with Gasteiger partial charge in [-0.3, -0.25) is 0 Å². The third-order valence-electron chi connectivity index (χ3n) is 6.42. The molecule has 0 aliphatic rings. The van der Waals surface area contributed by atoms with Gasteiger partial charge in [0.25, 0.3) is 0 Å². The summed E-state index contributed by atoms with van der Waals surface area (Å²) in [4.78, 5) is 16.8. The molecule has 0 radical (unpaired) electrons. The van der Waals surface area contributed by atoms with Crippen molar-refractivity contribution in [2.75, 3.05) is 20.3 Å². The van der Waals surface area contributed by atoms with Gasteiger partial charge in [0.15, 0.2) is 0 Å². The zero-order chi connectivity index (χ0) is 34.1. The minimum absolute atomic E-state index is 0. The number of nitrogens with zero attached hydrogens (tertiary/aromatic N) is 1. The van der Waals surface area contributed by atoms with Gasteiger partial charge in [0, 0.05) is 19.4 Å². The molecular formula is C38H56CrN4O3. The molecule has 7 nitrogen and oxygen atoms in total. The number of aldehydes is 1. The first-order chi connectivity index (χ1) is 22.0. The summed E-state index contributed by atoms with van der Waals surface area (Å²) in [6, 6.07) is 22.8. The van der Waals surface area contributed by atoms with Gasteiger partial charge in [-0.1, -0.05) is 112 Å². The van der Waals surface area contributed by atoms with Gasteiger partial charge in [-0.05, 0) is 85.1 Å². The van der Waals surface area contributed by atoms with Crippen LogP contribution >= 0.6 is 0 Å². The summed E-state index contributed by atoms with van der Waals surface area (Å²) in [6.45, 7) is 15.2. The molecule has 8 heteroatoms. The van der Waals surface area contributed by atoms with E-state index in [1.807, 2.05) is 19.2 Å². The number of rotatable bonds is 15. The Morgan fingerprint density at radius 1 is 0.891 bits per heavy atom. The minimum atomic E-state index is 0. The van der Waals surface area contributed by atoms with E-state index in [-0.39, 0.29) is 17.4 Å². The van der Waals surface area contributed by atoms with Crippen LogP contribution in [0, 0.1) is 0 Å². The standard InChI is InChI=1S/C28H36O.C6H10N3.C2H4O.CH4N.CH2O.Cr/c1-3-5-19-29-20-10-6-7-12-24-21-26-13-8-9-14-27(26)28(22-24)25-17-15-23(11-4-2)16-18-25;1-3-6(2)4-5-8-9-7;1-2-3;2*1-2;/h8-9,13-18,21-22H,3-7,10-12,19-20H2,1-2H3;3-5,7,9H,1H2,2H3;2H,1H3;2H,1H3;1H2;/q;-1;;-1;;+2/b;6-4-,8-5-;;;;. The number of carbonyl (C=O) groups excluding carboxylic acids is 2. The van der Waals surface area contributed by atoms with Crippen LogP contribution in [-0.2, 0) is 44.5 Å². The molecular weight excluding hydrogens is 612 g/mol. The number of allylic oxidation sites excluding steroid dienone is 3. The Labute approximate surface area is 289 Å². The first-order valence-electron chi connectivity index (χ1n) is 15.7. The van der Waals surface area contributed by atoms with Crippen molar-refractivity contribution in [3.63, 3.8) is 0 Å². The zero-order valence-electron chi connectivity index (χ0n) is 28.6. The molecule has 0 unspecified atom stereocenters. The molecule has 3 rings (SSSR count). The second-order valence-electron chi connectivity index (χ2n) is 9.83. The van der Waals surface area contributed by atoms with E-state index in [0.717, 1.165) is 37.9 Å². The van der Waals surface area contributed by atoms with Crippen LogP contribution in [0.2, 0.25) is 0 Å². The summed E-state index contributed by atoms with van der Waals surface area (Å²) in [6.07, 6.45) is 15.2. The van der Waals surface area contributed by atoms with Crippen LogP contribution in [0.3, 0.4) is 0 Å². The number of unbranched alkanes of at least 4 members (excludes halogenated alkanes) is 3. The van der Waals surface area contributed by atoms with Crippen molar-refractivity contribution in [2.45, 2.75) is 79.1 Å².